The van der Waals surface area contributed by atoms with E-state index in [0.29, 0.717) is 5.92 Å². The van der Waals surface area contributed by atoms with Crippen molar-refractivity contribution in [3.63, 3.8) is 0 Å². The average molecular weight is 313 g/mol. The number of anilines is 1. The average Bonchev–Trinajstić information content (AvgIpc) is 3.07. The number of carbonyl (C=O) groups excluding carboxylic acids is 2. The number of alkyl halides is 2. The fourth-order valence-corrected chi connectivity index (χ4v) is 2.12. The van der Waals surface area contributed by atoms with Gasteiger partial charge in [0.1, 0.15) is 0 Å². The molecule has 1 aromatic carbocycles. The Morgan fingerprint density at radius 3 is 2.73 bits per heavy atom. The first-order chi connectivity index (χ1) is 10.3. The molecule has 8 heteroatoms. The number of carbonyl (C=O) groups is 2. The third-order valence-electron chi connectivity index (χ3n) is 3.44. The van der Waals surface area contributed by atoms with Gasteiger partial charge in [0.25, 0.3) is 5.91 Å². The molecular formula is C14H13F2NO5. The summed E-state index contributed by atoms with van der Waals surface area (Å²) in [6.45, 7) is 1.50. The van der Waals surface area contributed by atoms with Crippen molar-refractivity contribution < 1.29 is 32.6 Å². The number of ether oxygens (including phenoxy) is 3. The van der Waals surface area contributed by atoms with E-state index in [-0.39, 0.29) is 23.1 Å². The van der Waals surface area contributed by atoms with Crippen LogP contribution in [0.3, 0.4) is 0 Å². The fraction of sp³-hybridized carbons (Fsp3) is 0.429. The summed E-state index contributed by atoms with van der Waals surface area (Å²) in [6, 6.07) is 3.84. The maximum absolute atomic E-state index is 12.9. The first kappa shape index (κ1) is 14.6. The Labute approximate surface area is 124 Å². The van der Waals surface area contributed by atoms with Gasteiger partial charge in [-0.1, -0.05) is 6.92 Å². The highest BCUT2D eigenvalue weighted by Gasteiger charge is 2.43. The highest BCUT2D eigenvalue weighted by atomic mass is 19.3. The summed E-state index contributed by atoms with van der Waals surface area (Å²) < 4.78 is 39.1. The Bertz CT molecular complexity index is 634. The van der Waals surface area contributed by atoms with Gasteiger partial charge in [0.05, 0.1) is 5.92 Å². The lowest BCUT2D eigenvalue weighted by Gasteiger charge is -2.07. The van der Waals surface area contributed by atoms with E-state index in [1.165, 1.54) is 18.2 Å². The van der Waals surface area contributed by atoms with Crippen molar-refractivity contribution in [3.05, 3.63) is 18.2 Å². The van der Waals surface area contributed by atoms with E-state index in [1.807, 2.05) is 6.92 Å². The topological polar surface area (TPSA) is 73.9 Å². The molecule has 0 aromatic heterocycles. The van der Waals surface area contributed by atoms with Gasteiger partial charge in [-0.2, -0.15) is 0 Å². The molecule has 0 unspecified atom stereocenters. The third-order valence-corrected chi connectivity index (χ3v) is 3.44. The lowest BCUT2D eigenvalue weighted by Crippen LogP contribution is -2.25. The minimum Gasteiger partial charge on any atom is -0.455 e. The van der Waals surface area contributed by atoms with Crippen LogP contribution in [0.15, 0.2) is 18.2 Å². The molecule has 1 fully saturated rings. The molecule has 6 nitrogen and oxygen atoms in total. The second kappa shape index (κ2) is 5.11. The molecule has 1 saturated carbocycles. The number of esters is 1. The SMILES string of the molecule is C[C@@H]1C[C@@H]1C(=O)OCC(=O)Nc1ccc2c(c1)OC(F)(F)O2. The zero-order chi connectivity index (χ0) is 15.9. The van der Waals surface area contributed by atoms with Crippen molar-refractivity contribution in [2.24, 2.45) is 11.8 Å². The van der Waals surface area contributed by atoms with E-state index in [0.717, 1.165) is 6.42 Å². The number of fused-ring (bicyclic) bond motifs is 1. The van der Waals surface area contributed by atoms with Gasteiger partial charge in [0.2, 0.25) is 0 Å². The Hall–Kier alpha value is -2.38. The van der Waals surface area contributed by atoms with Crippen molar-refractivity contribution in [2.45, 2.75) is 19.6 Å². The molecule has 0 saturated heterocycles. The van der Waals surface area contributed by atoms with Crippen LogP contribution in [0, 0.1) is 11.8 Å². The monoisotopic (exact) mass is 313 g/mol. The predicted molar refractivity (Wildman–Crippen MR) is 69.5 cm³/mol. The fourth-order valence-electron chi connectivity index (χ4n) is 2.12. The van der Waals surface area contributed by atoms with Crippen LogP contribution in [-0.4, -0.2) is 24.8 Å². The number of amides is 1. The summed E-state index contributed by atoms with van der Waals surface area (Å²) in [4.78, 5) is 23.1. The molecule has 0 bridgehead atoms. The van der Waals surface area contributed by atoms with Crippen LogP contribution in [0.4, 0.5) is 14.5 Å². The maximum Gasteiger partial charge on any atom is 0.586 e. The van der Waals surface area contributed by atoms with E-state index in [2.05, 4.69) is 14.8 Å². The summed E-state index contributed by atoms with van der Waals surface area (Å²) in [6.07, 6.45) is -2.93. The molecule has 1 N–H and O–H groups in total. The number of halogens is 2. The molecule has 1 amide bonds. The smallest absolute Gasteiger partial charge is 0.455 e. The lowest BCUT2D eigenvalue weighted by molar-refractivity contribution is -0.286. The minimum absolute atomic E-state index is 0.114. The van der Waals surface area contributed by atoms with Gasteiger partial charge >= 0.3 is 12.3 Å². The van der Waals surface area contributed by atoms with E-state index < -0.39 is 24.8 Å². The van der Waals surface area contributed by atoms with Crippen molar-refractivity contribution in [3.8, 4) is 11.5 Å². The summed E-state index contributed by atoms with van der Waals surface area (Å²) in [7, 11) is 0. The molecule has 22 heavy (non-hydrogen) atoms. The first-order valence-electron chi connectivity index (χ1n) is 6.70. The Morgan fingerprint density at radius 2 is 2.05 bits per heavy atom. The van der Waals surface area contributed by atoms with Crippen LogP contribution in [0.5, 0.6) is 11.5 Å². The van der Waals surface area contributed by atoms with Crippen molar-refractivity contribution in [1.29, 1.82) is 0 Å². The third kappa shape index (κ3) is 3.10. The molecule has 118 valence electrons. The van der Waals surface area contributed by atoms with Gasteiger partial charge < -0.3 is 19.5 Å². The highest BCUT2D eigenvalue weighted by Crippen LogP contribution is 2.42. The minimum atomic E-state index is -3.71. The molecular weight excluding hydrogens is 300 g/mol. The van der Waals surface area contributed by atoms with E-state index in [4.69, 9.17) is 4.74 Å². The van der Waals surface area contributed by atoms with Crippen LogP contribution in [0.25, 0.3) is 0 Å². The Kier molecular flexibility index (Phi) is 3.38. The molecule has 0 spiro atoms. The maximum atomic E-state index is 12.9. The molecule has 1 heterocycles. The van der Waals surface area contributed by atoms with Crippen molar-refractivity contribution >= 4 is 17.6 Å². The van der Waals surface area contributed by atoms with Crippen LogP contribution in [-0.2, 0) is 14.3 Å². The van der Waals surface area contributed by atoms with Crippen LogP contribution >= 0.6 is 0 Å². The van der Waals surface area contributed by atoms with E-state index in [1.54, 1.807) is 0 Å². The second-order valence-electron chi connectivity index (χ2n) is 5.30. The summed E-state index contributed by atoms with van der Waals surface area (Å²) in [5, 5.41) is 2.43. The molecule has 3 rings (SSSR count). The van der Waals surface area contributed by atoms with Gasteiger partial charge in [-0.25, -0.2) is 0 Å². The number of hydrogen-bond donors (Lipinski definition) is 1. The highest BCUT2D eigenvalue weighted by molar-refractivity contribution is 5.93. The van der Waals surface area contributed by atoms with E-state index >= 15 is 0 Å². The molecule has 2 aliphatic rings. The number of hydrogen-bond acceptors (Lipinski definition) is 5. The van der Waals surface area contributed by atoms with Gasteiger partial charge in [0.15, 0.2) is 18.1 Å². The standard InChI is InChI=1S/C14H13F2NO5/c1-7-4-9(7)13(19)20-6-12(18)17-8-2-3-10-11(5-8)22-14(15,16)21-10/h2-3,5,7,9H,4,6H2,1H3,(H,17,18)/t7-,9+/m1/s1. The quantitative estimate of drug-likeness (QED) is 0.862. The van der Waals surface area contributed by atoms with E-state index in [9.17, 15) is 18.4 Å². The number of benzene rings is 1. The summed E-state index contributed by atoms with van der Waals surface area (Å²) in [5.41, 5.74) is 0.237. The van der Waals surface area contributed by atoms with Gasteiger partial charge in [-0.15, -0.1) is 8.78 Å². The molecule has 2 atom stereocenters. The van der Waals surface area contributed by atoms with Gasteiger partial charge in [-0.05, 0) is 24.5 Å². The predicted octanol–water partition coefficient (Wildman–Crippen LogP) is 2.15. The molecule has 1 aromatic rings. The molecule has 0 radical (unpaired) electrons. The zero-order valence-electron chi connectivity index (χ0n) is 11.6. The van der Waals surface area contributed by atoms with Crippen LogP contribution in [0.2, 0.25) is 0 Å². The Morgan fingerprint density at radius 1 is 1.36 bits per heavy atom. The second-order valence-corrected chi connectivity index (χ2v) is 5.30. The first-order valence-corrected chi connectivity index (χ1v) is 6.70. The molecule has 1 aliphatic heterocycles. The lowest BCUT2D eigenvalue weighted by atomic mass is 10.3. The van der Waals surface area contributed by atoms with Gasteiger partial charge in [0, 0.05) is 11.8 Å². The number of nitrogens with one attached hydrogen (secondary N) is 1. The normalized spacial score (nSPS) is 23.8. The van der Waals surface area contributed by atoms with Crippen molar-refractivity contribution in [1.82, 2.24) is 0 Å². The molecule has 1 aliphatic carbocycles. The Balaban J connectivity index is 1.53. The van der Waals surface area contributed by atoms with Crippen LogP contribution < -0.4 is 14.8 Å². The van der Waals surface area contributed by atoms with Gasteiger partial charge in [-0.3, -0.25) is 9.59 Å². The largest absolute Gasteiger partial charge is 0.586 e. The number of rotatable bonds is 4. The van der Waals surface area contributed by atoms with Crippen molar-refractivity contribution in [2.75, 3.05) is 11.9 Å². The van der Waals surface area contributed by atoms with Crippen LogP contribution in [0.1, 0.15) is 13.3 Å². The zero-order valence-corrected chi connectivity index (χ0v) is 11.6. The summed E-state index contributed by atoms with van der Waals surface area (Å²) >= 11 is 0. The summed E-state index contributed by atoms with van der Waals surface area (Å²) in [5.74, 6) is -1.07.